The average molecular weight is 385 g/mol. The number of carbonyl (C=O) groups excluding carboxylic acids is 1. The third-order valence-electron chi connectivity index (χ3n) is 4.90. The van der Waals surface area contributed by atoms with E-state index < -0.39 is 0 Å². The van der Waals surface area contributed by atoms with Crippen molar-refractivity contribution < 1.29 is 9.18 Å². The van der Waals surface area contributed by atoms with Crippen LogP contribution in [0.4, 0.5) is 4.39 Å². The SMILES string of the molecule is CCn1c(=O)n(CC(=O)NC2CCSc3c(F)cccc32)c2ccccc21. The summed E-state index contributed by atoms with van der Waals surface area (Å²) in [5, 5.41) is 2.98. The van der Waals surface area contributed by atoms with Crippen molar-refractivity contribution >= 4 is 28.7 Å². The lowest BCUT2D eigenvalue weighted by atomic mass is 10.0. The highest BCUT2D eigenvalue weighted by Gasteiger charge is 2.25. The number of thioether (sulfide) groups is 1. The Bertz CT molecular complexity index is 1070. The number of aromatic nitrogens is 2. The molecule has 0 bridgehead atoms. The fraction of sp³-hybridized carbons (Fsp3) is 0.300. The first-order valence-electron chi connectivity index (χ1n) is 8.98. The second-order valence-corrected chi connectivity index (χ2v) is 7.62. The first-order chi connectivity index (χ1) is 13.1. The smallest absolute Gasteiger partial charge is 0.329 e. The molecular formula is C20H20FN3O2S. The predicted octanol–water partition coefficient (Wildman–Crippen LogP) is 3.32. The van der Waals surface area contributed by atoms with Crippen LogP contribution < -0.4 is 11.0 Å². The number of benzene rings is 2. The number of rotatable bonds is 4. The van der Waals surface area contributed by atoms with Crippen LogP contribution in [0.1, 0.15) is 24.9 Å². The molecule has 1 amide bonds. The van der Waals surface area contributed by atoms with Crippen molar-refractivity contribution in [2.75, 3.05) is 5.75 Å². The Hall–Kier alpha value is -2.54. The highest BCUT2D eigenvalue weighted by molar-refractivity contribution is 7.99. The van der Waals surface area contributed by atoms with Crippen molar-refractivity contribution in [3.05, 3.63) is 64.3 Å². The summed E-state index contributed by atoms with van der Waals surface area (Å²) in [6.45, 7) is 2.39. The molecule has 140 valence electrons. The van der Waals surface area contributed by atoms with E-state index in [4.69, 9.17) is 0 Å². The van der Waals surface area contributed by atoms with Gasteiger partial charge in [0, 0.05) is 17.2 Å². The summed E-state index contributed by atoms with van der Waals surface area (Å²) in [4.78, 5) is 26.0. The van der Waals surface area contributed by atoms with Gasteiger partial charge in [0.15, 0.2) is 0 Å². The van der Waals surface area contributed by atoms with Crippen molar-refractivity contribution in [1.29, 1.82) is 0 Å². The molecule has 0 fully saturated rings. The number of para-hydroxylation sites is 2. The summed E-state index contributed by atoms with van der Waals surface area (Å²) in [7, 11) is 0. The second-order valence-electron chi connectivity index (χ2n) is 6.52. The molecule has 7 heteroatoms. The highest BCUT2D eigenvalue weighted by Crippen LogP contribution is 2.37. The average Bonchev–Trinajstić information content (AvgIpc) is 2.94. The van der Waals surface area contributed by atoms with E-state index in [0.29, 0.717) is 11.4 Å². The van der Waals surface area contributed by atoms with Gasteiger partial charge in [0.1, 0.15) is 12.4 Å². The van der Waals surface area contributed by atoms with E-state index in [1.165, 1.54) is 22.4 Å². The fourth-order valence-corrected chi connectivity index (χ4v) is 4.79. The first kappa shape index (κ1) is 17.9. The second kappa shape index (κ2) is 7.23. The Balaban J connectivity index is 1.60. The highest BCUT2D eigenvalue weighted by atomic mass is 32.2. The van der Waals surface area contributed by atoms with E-state index in [9.17, 15) is 14.0 Å². The Morgan fingerprint density at radius 3 is 2.67 bits per heavy atom. The third kappa shape index (κ3) is 3.16. The van der Waals surface area contributed by atoms with Crippen molar-refractivity contribution in [3.8, 4) is 0 Å². The van der Waals surface area contributed by atoms with Crippen LogP contribution in [0.25, 0.3) is 11.0 Å². The molecule has 5 nitrogen and oxygen atoms in total. The van der Waals surface area contributed by atoms with Gasteiger partial charge < -0.3 is 5.32 Å². The first-order valence-corrected chi connectivity index (χ1v) is 9.97. The molecule has 0 saturated carbocycles. The third-order valence-corrected chi connectivity index (χ3v) is 6.06. The van der Waals surface area contributed by atoms with Crippen molar-refractivity contribution in [2.45, 2.75) is 37.4 Å². The van der Waals surface area contributed by atoms with Crippen molar-refractivity contribution in [3.63, 3.8) is 0 Å². The lowest BCUT2D eigenvalue weighted by Crippen LogP contribution is -2.36. The van der Waals surface area contributed by atoms with Gasteiger partial charge in [-0.3, -0.25) is 13.9 Å². The van der Waals surface area contributed by atoms with Crippen LogP contribution in [-0.2, 0) is 17.9 Å². The summed E-state index contributed by atoms with van der Waals surface area (Å²) in [5.74, 6) is 0.246. The van der Waals surface area contributed by atoms with Crippen LogP contribution >= 0.6 is 11.8 Å². The largest absolute Gasteiger partial charge is 0.348 e. The number of nitrogens with zero attached hydrogens (tertiary/aromatic N) is 2. The molecule has 1 unspecified atom stereocenters. The summed E-state index contributed by atoms with van der Waals surface area (Å²) in [5.41, 5.74) is 2.17. The van der Waals surface area contributed by atoms with Gasteiger partial charge in [-0.1, -0.05) is 24.3 Å². The molecule has 1 aromatic heterocycles. The van der Waals surface area contributed by atoms with E-state index in [0.717, 1.165) is 28.8 Å². The number of carbonyl (C=O) groups is 1. The lowest BCUT2D eigenvalue weighted by Gasteiger charge is -2.26. The molecule has 0 radical (unpaired) electrons. The molecule has 1 N–H and O–H groups in total. The number of nitrogens with one attached hydrogen (secondary N) is 1. The minimum atomic E-state index is -0.251. The number of fused-ring (bicyclic) bond motifs is 2. The monoisotopic (exact) mass is 385 g/mol. The maximum absolute atomic E-state index is 14.0. The van der Waals surface area contributed by atoms with E-state index in [1.54, 1.807) is 10.6 Å². The number of hydrogen-bond donors (Lipinski definition) is 1. The maximum atomic E-state index is 14.0. The minimum Gasteiger partial charge on any atom is -0.348 e. The van der Waals surface area contributed by atoms with Gasteiger partial charge in [0.2, 0.25) is 5.91 Å². The molecule has 0 spiro atoms. The molecule has 2 heterocycles. The van der Waals surface area contributed by atoms with Crippen molar-refractivity contribution in [1.82, 2.24) is 14.5 Å². The Kier molecular flexibility index (Phi) is 4.78. The molecule has 0 saturated heterocycles. The van der Waals surface area contributed by atoms with E-state index in [1.807, 2.05) is 37.3 Å². The fourth-order valence-electron chi connectivity index (χ4n) is 3.65. The van der Waals surface area contributed by atoms with E-state index in [2.05, 4.69) is 5.32 Å². The quantitative estimate of drug-likeness (QED) is 0.750. The van der Waals surface area contributed by atoms with Crippen LogP contribution in [0.2, 0.25) is 0 Å². The maximum Gasteiger partial charge on any atom is 0.329 e. The zero-order valence-corrected chi connectivity index (χ0v) is 15.8. The molecule has 1 atom stereocenters. The number of hydrogen-bond acceptors (Lipinski definition) is 3. The summed E-state index contributed by atoms with van der Waals surface area (Å²) in [6, 6.07) is 12.2. The van der Waals surface area contributed by atoms with Crippen LogP contribution in [0.15, 0.2) is 52.2 Å². The Morgan fingerprint density at radius 1 is 1.19 bits per heavy atom. The van der Waals surface area contributed by atoms with E-state index >= 15 is 0 Å². The van der Waals surface area contributed by atoms with Gasteiger partial charge in [-0.25, -0.2) is 9.18 Å². The number of imidazole rings is 1. The lowest BCUT2D eigenvalue weighted by molar-refractivity contribution is -0.122. The number of halogens is 1. The standard InChI is InChI=1S/C20H20FN3O2S/c1-2-23-16-8-3-4-9-17(16)24(20(23)26)12-18(25)22-15-10-11-27-19-13(15)6-5-7-14(19)21/h3-9,15H,2,10-12H2,1H3,(H,22,25). The number of aryl methyl sites for hydroxylation is 1. The normalized spacial score (nSPS) is 16.3. The van der Waals surface area contributed by atoms with Crippen molar-refractivity contribution in [2.24, 2.45) is 0 Å². The molecule has 0 aliphatic carbocycles. The van der Waals surface area contributed by atoms with Gasteiger partial charge in [-0.05, 0) is 37.1 Å². The van der Waals surface area contributed by atoms with Crippen LogP contribution in [0, 0.1) is 5.82 Å². The minimum absolute atomic E-state index is 0.0549. The van der Waals surface area contributed by atoms with Crippen LogP contribution in [0.3, 0.4) is 0 Å². The summed E-state index contributed by atoms with van der Waals surface area (Å²) in [6.07, 6.45) is 0.735. The van der Waals surface area contributed by atoms with E-state index in [-0.39, 0.29) is 30.0 Å². The van der Waals surface area contributed by atoms with Gasteiger partial charge in [0.05, 0.1) is 17.1 Å². The van der Waals surface area contributed by atoms with Gasteiger partial charge in [0.25, 0.3) is 0 Å². The molecule has 1 aliphatic heterocycles. The topological polar surface area (TPSA) is 56.0 Å². The van der Waals surface area contributed by atoms with Gasteiger partial charge >= 0.3 is 5.69 Å². The van der Waals surface area contributed by atoms with Crippen LogP contribution in [-0.4, -0.2) is 20.8 Å². The zero-order chi connectivity index (χ0) is 19.0. The zero-order valence-electron chi connectivity index (χ0n) is 14.9. The predicted molar refractivity (Wildman–Crippen MR) is 104 cm³/mol. The molecular weight excluding hydrogens is 365 g/mol. The summed E-state index contributed by atoms with van der Waals surface area (Å²) >= 11 is 1.48. The Morgan fingerprint density at radius 2 is 1.93 bits per heavy atom. The molecule has 1 aliphatic rings. The van der Waals surface area contributed by atoms with Gasteiger partial charge in [-0.2, -0.15) is 0 Å². The Labute approximate surface area is 160 Å². The summed E-state index contributed by atoms with van der Waals surface area (Å²) < 4.78 is 17.2. The molecule has 4 rings (SSSR count). The molecule has 27 heavy (non-hydrogen) atoms. The molecule has 2 aromatic carbocycles. The number of amides is 1. The van der Waals surface area contributed by atoms with Gasteiger partial charge in [-0.15, -0.1) is 11.8 Å². The van der Waals surface area contributed by atoms with Crippen LogP contribution in [0.5, 0.6) is 0 Å². The molecule has 3 aromatic rings.